The van der Waals surface area contributed by atoms with Gasteiger partial charge in [-0.25, -0.2) is 14.4 Å². The second kappa shape index (κ2) is 48.3. The minimum Gasteiger partial charge on any atom is -0.469 e. The summed E-state index contributed by atoms with van der Waals surface area (Å²) in [5, 5.41) is 18.6. The zero-order valence-electron chi connectivity index (χ0n) is 90.8. The van der Waals surface area contributed by atoms with Gasteiger partial charge in [-0.15, -0.1) is 0 Å². The van der Waals surface area contributed by atoms with Gasteiger partial charge >= 0.3 is 96.0 Å². The lowest BCUT2D eigenvalue weighted by Crippen LogP contribution is -2.70. The molecule has 5 saturated carbocycles. The van der Waals surface area contributed by atoms with Crippen LogP contribution < -0.4 is 4.74 Å². The van der Waals surface area contributed by atoms with Gasteiger partial charge in [0.2, 0.25) is 0 Å². The van der Waals surface area contributed by atoms with E-state index in [1.165, 1.54) is 59.6 Å². The van der Waals surface area contributed by atoms with Crippen LogP contribution in [-0.2, 0) is 133 Å². The van der Waals surface area contributed by atoms with Gasteiger partial charge in [-0.1, -0.05) is 54.9 Å². The number of carbonyl (C=O) groups excluding carboxylic acids is 14. The van der Waals surface area contributed by atoms with Gasteiger partial charge in [0.15, 0.2) is 40.6 Å². The second-order valence-corrected chi connectivity index (χ2v) is 46.0. The maximum atomic E-state index is 12.8. The van der Waals surface area contributed by atoms with Crippen LogP contribution in [0.5, 0.6) is 5.75 Å². The molecule has 11 aliphatic rings. The first-order valence-corrected chi connectivity index (χ1v) is 50.4. The van der Waals surface area contributed by atoms with Crippen LogP contribution >= 0.6 is 0 Å². The average Bonchev–Trinajstić information content (AvgIpc) is 1.54. The predicted octanol–water partition coefficient (Wildman–Crippen LogP) is 18.0. The summed E-state index contributed by atoms with van der Waals surface area (Å²) in [5.74, 6) is -6.29. The van der Waals surface area contributed by atoms with Crippen molar-refractivity contribution in [2.45, 2.75) is 405 Å². The molecule has 4 bridgehead atoms. The summed E-state index contributed by atoms with van der Waals surface area (Å²) < 4.78 is 173. The number of fused-ring (bicyclic) bond motifs is 3. The molecular formula is C105H158F6N2O33. The Kier molecular flexibility index (Phi) is 41.4. The molecule has 10 atom stereocenters. The number of hydrogen-bond acceptors (Lipinski definition) is 34. The van der Waals surface area contributed by atoms with Crippen molar-refractivity contribution in [3.63, 3.8) is 0 Å². The van der Waals surface area contributed by atoms with Crippen molar-refractivity contribution in [3.05, 3.63) is 29.3 Å². The number of benzene rings is 1. The molecule has 5 aliphatic carbocycles. The number of carbonyl (C=O) groups is 14. The van der Waals surface area contributed by atoms with Crippen molar-refractivity contribution in [3.8, 4) is 11.8 Å². The van der Waals surface area contributed by atoms with Crippen LogP contribution in [0.15, 0.2) is 18.2 Å². The molecule has 0 radical (unpaired) electrons. The lowest BCUT2D eigenvalue weighted by molar-refractivity contribution is -0.408. The molecule has 6 heterocycles. The normalized spacial score (nSPS) is 24.1. The first-order valence-electron chi connectivity index (χ1n) is 50.4. The van der Waals surface area contributed by atoms with E-state index < -0.39 is 143 Å². The Morgan fingerprint density at radius 1 is 0.507 bits per heavy atom. The van der Waals surface area contributed by atoms with E-state index in [0.717, 1.165) is 57.8 Å². The monoisotopic (exact) mass is 2090 g/mol. The number of halogens is 6. The molecule has 1 aromatic rings. The Hall–Kier alpha value is -9.37. The third-order valence-electron chi connectivity index (χ3n) is 30.2. The number of nitriles is 1. The van der Waals surface area contributed by atoms with Crippen molar-refractivity contribution in [2.75, 3.05) is 60.5 Å². The molecule has 146 heavy (non-hydrogen) atoms. The minimum absolute atomic E-state index is 0.0631. The molecule has 1 amide bonds. The Bertz CT molecular complexity index is 4790. The highest BCUT2D eigenvalue weighted by molar-refractivity contribution is 6.15. The standard InChI is InChI=1S/C18H30O6.C16H29NO4.C16H28O7.C15H19NO4.C14H14O5.C14H20O4.C12H18F6O3/c1-5-16(2,3)15(20)24-17(11-14(19)21-4)12-22-18(23-13-17)9-7-6-8-10-18;1-7-16(5,6)13(18)20-12-8-10-17(11-9-12)14(19)21-15(2,3)4;1-7-14(2,3)13(18)23-16(8-12(17)20-11-19-6)9-21-15(4,5)22-10-16;1-4-14(2,3)12(17)19-10-8-5-9-11(10)20-13(18)15(9,6-8)7-16;1-4-14(2,3)13(17)18-8-5-6-9-10(7-8)12(16)19-11(9)15;1-4-14(2,3)13(16)18-10-7-5-8-9(6-7)12(15)17-11(8)10;1-6-8(2,3)7(19)21-9(4,5)10(20,11(13,14)15)12(16,17)18/h5-13H2,1-4H3;12H,7-11H2,1-6H3;7-11H2,1-6H3;8-11H,4-6H2,1-3H3;5-7H,4H2,1-3H3;7-11H,4-6H2,1-3H3;20H,6H2,1-5H3. The van der Waals surface area contributed by atoms with Gasteiger partial charge in [-0.3, -0.25) is 52.7 Å². The maximum Gasteiger partial charge on any atom is 0.430 e. The topological polar surface area (TPSA) is 452 Å². The Morgan fingerprint density at radius 3 is 1.38 bits per heavy atom. The van der Waals surface area contributed by atoms with Gasteiger partial charge in [0.05, 0.1) is 107 Å². The van der Waals surface area contributed by atoms with E-state index >= 15 is 0 Å². The molecule has 1 N–H and O–H groups in total. The molecule has 12 rings (SSSR count). The van der Waals surface area contributed by atoms with Gasteiger partial charge in [-0.2, -0.15) is 31.6 Å². The molecule has 0 aromatic heterocycles. The summed E-state index contributed by atoms with van der Waals surface area (Å²) in [6.45, 7) is 49.1. The van der Waals surface area contributed by atoms with E-state index in [0.29, 0.717) is 83.7 Å². The van der Waals surface area contributed by atoms with Crippen LogP contribution in [0.1, 0.15) is 343 Å². The zero-order chi connectivity index (χ0) is 111. The fourth-order valence-corrected chi connectivity index (χ4v) is 16.9. The first-order chi connectivity index (χ1) is 66.9. The SMILES string of the molecule is CCC(C)(C)C(=O)OC(C)(C)C(O)(C(F)(F)F)C(F)(F)F.CCC(C)(C)C(=O)OC1(CC(=O)OC)COC2(CCCCC2)OC1.CCC(C)(C)C(=O)OC1(CC(=O)OCOC)COC(C)(C)OC1.CCC(C)(C)C(=O)OC1C2CC3C(=O)OC1C3C2.CCC(C)(C)C(=O)OC1C2CC3C1OC(=O)C3(C#N)C2.CCC(C)(C)C(=O)OC1CCN(C(=O)OC(C)(C)C)CC1.CCC(C)(C)C(=O)Oc1ccc2c(c1)C(=O)OC2=O. The number of aliphatic hydroxyl groups is 1. The molecule has 1 aromatic carbocycles. The molecule has 10 unspecified atom stereocenters. The second-order valence-electron chi connectivity index (χ2n) is 46.0. The Balaban J connectivity index is 0.000000261. The average molecular weight is 2090 g/mol. The van der Waals surface area contributed by atoms with Crippen molar-refractivity contribution in [2.24, 2.45) is 72.9 Å². The fourth-order valence-electron chi connectivity index (χ4n) is 16.9. The molecule has 35 nitrogen and oxygen atoms in total. The number of likely N-dealkylation sites (tertiary alicyclic amines) is 1. The Morgan fingerprint density at radius 2 is 0.938 bits per heavy atom. The largest absolute Gasteiger partial charge is 0.469 e. The molecule has 828 valence electrons. The molecule has 41 heteroatoms. The quantitative estimate of drug-likeness (QED) is 0.0203. The van der Waals surface area contributed by atoms with Gasteiger partial charge < -0.3 is 95.3 Å². The van der Waals surface area contributed by atoms with Gasteiger partial charge in [0.1, 0.15) is 41.9 Å². The van der Waals surface area contributed by atoms with E-state index in [9.17, 15) is 104 Å². The molecule has 6 aliphatic heterocycles. The molecule has 1 spiro atoms. The number of piperidine rings is 1. The number of cyclic esters (lactones) is 2. The number of alkyl halides is 6. The summed E-state index contributed by atoms with van der Waals surface area (Å²) in [6.07, 6.45) is -0.298. The number of amides is 1. The van der Waals surface area contributed by atoms with Gasteiger partial charge in [-0.05, 0) is 247 Å². The summed E-state index contributed by atoms with van der Waals surface area (Å²) in [7, 11) is 2.74. The zero-order valence-corrected chi connectivity index (χ0v) is 90.8. The molecular weight excluding hydrogens is 1930 g/mol. The predicted molar refractivity (Wildman–Crippen MR) is 509 cm³/mol. The number of ether oxygens (including phenoxy) is 18. The highest BCUT2D eigenvalue weighted by Crippen LogP contribution is 2.63. The van der Waals surface area contributed by atoms with Crippen LogP contribution in [0.25, 0.3) is 0 Å². The van der Waals surface area contributed by atoms with Gasteiger partial charge in [0.25, 0.3) is 5.60 Å². The Labute approximate surface area is 853 Å². The van der Waals surface area contributed by atoms with E-state index in [-0.39, 0.29) is 153 Å². The van der Waals surface area contributed by atoms with Gasteiger partial charge in [0, 0.05) is 69.6 Å². The molecule has 10 fully saturated rings. The lowest BCUT2D eigenvalue weighted by atomic mass is 9.74. The van der Waals surface area contributed by atoms with Crippen molar-refractivity contribution < 1.29 is 184 Å². The minimum atomic E-state index is -6.06. The summed E-state index contributed by atoms with van der Waals surface area (Å²) >= 11 is 0. The lowest BCUT2D eigenvalue weighted by Gasteiger charge is -2.47. The number of rotatable bonds is 28. The third kappa shape index (κ3) is 30.3. The maximum absolute atomic E-state index is 12.8. The highest BCUT2D eigenvalue weighted by atomic mass is 19.4. The fraction of sp³-hybridized carbons (Fsp3) is 0.800. The van der Waals surface area contributed by atoms with Crippen LogP contribution in [0.2, 0.25) is 0 Å². The summed E-state index contributed by atoms with van der Waals surface area (Å²) in [6, 6.07) is 6.40. The van der Waals surface area contributed by atoms with Crippen molar-refractivity contribution in [1.29, 1.82) is 5.26 Å². The van der Waals surface area contributed by atoms with E-state index in [1.807, 2.05) is 118 Å². The van der Waals surface area contributed by atoms with Crippen molar-refractivity contribution >= 4 is 83.7 Å². The van der Waals surface area contributed by atoms with Crippen LogP contribution in [-0.4, -0.2) is 237 Å². The first kappa shape index (κ1) is 125. The van der Waals surface area contributed by atoms with Crippen LogP contribution in [0, 0.1) is 84.2 Å². The van der Waals surface area contributed by atoms with Crippen LogP contribution in [0.4, 0.5) is 31.1 Å². The number of methoxy groups -OCH3 is 2. The third-order valence-corrected chi connectivity index (χ3v) is 30.2. The number of hydrogen-bond donors (Lipinski definition) is 1. The molecule has 5 saturated heterocycles. The van der Waals surface area contributed by atoms with E-state index in [2.05, 4.69) is 15.5 Å². The smallest absolute Gasteiger partial charge is 0.430 e. The van der Waals surface area contributed by atoms with E-state index in [1.54, 1.807) is 46.4 Å². The number of nitrogens with zero attached hydrogens (tertiary/aromatic N) is 2. The summed E-state index contributed by atoms with van der Waals surface area (Å²) in [4.78, 5) is 169. The van der Waals surface area contributed by atoms with Crippen molar-refractivity contribution in [1.82, 2.24) is 4.90 Å². The van der Waals surface area contributed by atoms with Crippen LogP contribution in [0.3, 0.4) is 0 Å². The summed E-state index contributed by atoms with van der Waals surface area (Å²) in [5.41, 5.74) is -16.4. The highest BCUT2D eigenvalue weighted by Gasteiger charge is 2.79. The number of esters is 13. The van der Waals surface area contributed by atoms with E-state index in [4.69, 9.17) is 75.8 Å².